The van der Waals surface area contributed by atoms with Crippen LogP contribution in [0.4, 0.5) is 0 Å². The van der Waals surface area contributed by atoms with Gasteiger partial charge in [-0.2, -0.15) is 5.10 Å². The van der Waals surface area contributed by atoms with Gasteiger partial charge < -0.3 is 10.4 Å². The number of aliphatic hydroxyl groups is 1. The van der Waals surface area contributed by atoms with Gasteiger partial charge in [-0.25, -0.2) is 0 Å². The van der Waals surface area contributed by atoms with E-state index in [1.54, 1.807) is 4.68 Å². The molecule has 0 aliphatic rings. The van der Waals surface area contributed by atoms with Crippen molar-refractivity contribution in [3.63, 3.8) is 0 Å². The minimum Gasteiger partial charge on any atom is -0.388 e. The van der Waals surface area contributed by atoms with Crippen LogP contribution in [-0.2, 0) is 13.0 Å². The third kappa shape index (κ3) is 3.80. The van der Waals surface area contributed by atoms with Crippen LogP contribution in [0.2, 0.25) is 0 Å². The Hall–Kier alpha value is -1.36. The first kappa shape index (κ1) is 15.7. The highest BCUT2D eigenvalue weighted by Crippen LogP contribution is 2.13. The first-order valence-corrected chi connectivity index (χ1v) is 7.06. The maximum atomic E-state index is 12.1. The van der Waals surface area contributed by atoms with E-state index in [1.807, 2.05) is 33.8 Å². The zero-order valence-electron chi connectivity index (χ0n) is 12.4. The lowest BCUT2D eigenvalue weighted by Gasteiger charge is -2.25. The summed E-state index contributed by atoms with van der Waals surface area (Å²) in [6.07, 6.45) is 2.05. The van der Waals surface area contributed by atoms with Crippen molar-refractivity contribution in [1.29, 1.82) is 0 Å². The Morgan fingerprint density at radius 2 is 2.00 bits per heavy atom. The molecule has 0 bridgehead atoms. The highest BCUT2D eigenvalue weighted by atomic mass is 16.3. The topological polar surface area (TPSA) is 67.2 Å². The Kier molecular flexibility index (Phi) is 5.54. The van der Waals surface area contributed by atoms with Crippen molar-refractivity contribution in [3.05, 3.63) is 17.5 Å². The molecule has 0 aliphatic heterocycles. The van der Waals surface area contributed by atoms with Gasteiger partial charge in [-0.05, 0) is 32.3 Å². The fraction of sp³-hybridized carbons (Fsp3) is 0.714. The van der Waals surface area contributed by atoms with Gasteiger partial charge in [0.05, 0.1) is 11.3 Å². The van der Waals surface area contributed by atoms with Crippen molar-refractivity contribution >= 4 is 5.91 Å². The molecule has 0 saturated carbocycles. The molecule has 0 spiro atoms. The van der Waals surface area contributed by atoms with E-state index in [1.165, 1.54) is 0 Å². The second-order valence-electron chi connectivity index (χ2n) is 4.80. The number of carbonyl (C=O) groups excluding carboxylic acids is 1. The third-order valence-electron chi connectivity index (χ3n) is 3.62. The van der Waals surface area contributed by atoms with Crippen molar-refractivity contribution in [2.75, 3.05) is 6.54 Å². The number of hydrogen-bond acceptors (Lipinski definition) is 3. The Balaban J connectivity index is 2.75. The first-order valence-electron chi connectivity index (χ1n) is 7.06. The summed E-state index contributed by atoms with van der Waals surface area (Å²) in [6, 6.07) is 1.82. The maximum Gasteiger partial charge on any atom is 0.269 e. The van der Waals surface area contributed by atoms with Gasteiger partial charge in [0, 0.05) is 13.1 Å². The molecule has 0 saturated heterocycles. The van der Waals surface area contributed by atoms with Gasteiger partial charge in [0.15, 0.2) is 0 Å². The average molecular weight is 267 g/mol. The number of hydrogen-bond donors (Lipinski definition) is 2. The number of rotatable bonds is 7. The Morgan fingerprint density at radius 1 is 1.37 bits per heavy atom. The molecule has 19 heavy (non-hydrogen) atoms. The summed E-state index contributed by atoms with van der Waals surface area (Å²) in [5.41, 5.74) is 0.655. The van der Waals surface area contributed by atoms with E-state index in [0.29, 0.717) is 25.1 Å². The number of carbonyl (C=O) groups is 1. The van der Waals surface area contributed by atoms with Crippen molar-refractivity contribution in [3.8, 4) is 0 Å². The lowest BCUT2D eigenvalue weighted by molar-refractivity contribution is 0.0312. The van der Waals surface area contributed by atoms with Gasteiger partial charge in [-0.1, -0.05) is 20.8 Å². The Bertz CT molecular complexity index is 422. The van der Waals surface area contributed by atoms with E-state index in [9.17, 15) is 9.90 Å². The number of aryl methyl sites for hydroxylation is 2. The fourth-order valence-electron chi connectivity index (χ4n) is 1.90. The van der Waals surface area contributed by atoms with E-state index in [0.717, 1.165) is 12.1 Å². The largest absolute Gasteiger partial charge is 0.388 e. The molecule has 1 aromatic rings. The standard InChI is InChI=1S/C14H25N3O2/c1-5-11-9-12(17(8-4)16-11)13(18)15-10-14(19,6-2)7-3/h9,19H,5-8,10H2,1-4H3,(H,15,18). The summed E-state index contributed by atoms with van der Waals surface area (Å²) in [4.78, 5) is 12.1. The van der Waals surface area contributed by atoms with Crippen LogP contribution in [0.3, 0.4) is 0 Å². The third-order valence-corrected chi connectivity index (χ3v) is 3.62. The summed E-state index contributed by atoms with van der Waals surface area (Å²) in [5.74, 6) is -0.172. The van der Waals surface area contributed by atoms with E-state index >= 15 is 0 Å². The number of amides is 1. The van der Waals surface area contributed by atoms with Crippen LogP contribution in [0, 0.1) is 0 Å². The lowest BCUT2D eigenvalue weighted by atomic mass is 9.97. The van der Waals surface area contributed by atoms with Crippen LogP contribution in [0.5, 0.6) is 0 Å². The van der Waals surface area contributed by atoms with Crippen LogP contribution in [0.15, 0.2) is 6.07 Å². The second-order valence-corrected chi connectivity index (χ2v) is 4.80. The summed E-state index contributed by atoms with van der Waals surface area (Å²) < 4.78 is 1.70. The van der Waals surface area contributed by atoms with Crippen LogP contribution < -0.4 is 5.32 Å². The van der Waals surface area contributed by atoms with E-state index in [2.05, 4.69) is 10.4 Å². The fourth-order valence-corrected chi connectivity index (χ4v) is 1.90. The summed E-state index contributed by atoms with van der Waals surface area (Å²) >= 11 is 0. The lowest BCUT2D eigenvalue weighted by Crippen LogP contribution is -2.42. The van der Waals surface area contributed by atoms with E-state index < -0.39 is 5.60 Å². The molecule has 1 aromatic heterocycles. The van der Waals surface area contributed by atoms with Crippen molar-refractivity contribution in [1.82, 2.24) is 15.1 Å². The molecule has 0 aromatic carbocycles. The second kappa shape index (κ2) is 6.70. The minimum atomic E-state index is -0.819. The van der Waals surface area contributed by atoms with Crippen LogP contribution in [0.25, 0.3) is 0 Å². The van der Waals surface area contributed by atoms with Crippen LogP contribution >= 0.6 is 0 Å². The van der Waals surface area contributed by atoms with Gasteiger partial charge in [0.1, 0.15) is 5.69 Å². The zero-order valence-corrected chi connectivity index (χ0v) is 12.4. The first-order chi connectivity index (χ1) is 8.99. The SMILES string of the molecule is CCc1cc(C(=O)NCC(O)(CC)CC)n(CC)n1. The maximum absolute atomic E-state index is 12.1. The molecule has 5 heteroatoms. The quantitative estimate of drug-likeness (QED) is 0.791. The summed E-state index contributed by atoms with van der Waals surface area (Å²) in [7, 11) is 0. The van der Waals surface area contributed by atoms with E-state index in [-0.39, 0.29) is 12.5 Å². The number of aromatic nitrogens is 2. The van der Waals surface area contributed by atoms with Crippen LogP contribution in [0.1, 0.15) is 56.7 Å². The van der Waals surface area contributed by atoms with Crippen LogP contribution in [-0.4, -0.2) is 32.9 Å². The molecule has 1 heterocycles. The normalized spacial score (nSPS) is 11.6. The molecule has 5 nitrogen and oxygen atoms in total. The van der Waals surface area contributed by atoms with Gasteiger partial charge in [-0.3, -0.25) is 9.48 Å². The molecule has 2 N–H and O–H groups in total. The highest BCUT2D eigenvalue weighted by molar-refractivity contribution is 5.92. The monoisotopic (exact) mass is 267 g/mol. The highest BCUT2D eigenvalue weighted by Gasteiger charge is 2.24. The molecule has 0 unspecified atom stereocenters. The summed E-state index contributed by atoms with van der Waals surface area (Å²) in [5, 5.41) is 17.3. The Morgan fingerprint density at radius 3 is 2.47 bits per heavy atom. The molecular weight excluding hydrogens is 242 g/mol. The van der Waals surface area contributed by atoms with Crippen molar-refractivity contribution in [2.45, 2.75) is 59.1 Å². The Labute approximate surface area is 115 Å². The van der Waals surface area contributed by atoms with Gasteiger partial charge in [0.25, 0.3) is 5.91 Å². The van der Waals surface area contributed by atoms with Gasteiger partial charge >= 0.3 is 0 Å². The predicted octanol–water partition coefficient (Wildman–Crippen LogP) is 1.75. The zero-order chi connectivity index (χ0) is 14.5. The number of nitrogens with one attached hydrogen (secondary N) is 1. The summed E-state index contributed by atoms with van der Waals surface area (Å²) in [6.45, 7) is 8.74. The average Bonchev–Trinajstić information content (AvgIpc) is 2.87. The molecule has 108 valence electrons. The molecule has 0 radical (unpaired) electrons. The predicted molar refractivity (Wildman–Crippen MR) is 75.1 cm³/mol. The van der Waals surface area contributed by atoms with E-state index in [4.69, 9.17) is 0 Å². The number of nitrogens with zero attached hydrogens (tertiary/aromatic N) is 2. The molecule has 0 atom stereocenters. The molecule has 0 aliphatic carbocycles. The molecule has 1 rings (SSSR count). The van der Waals surface area contributed by atoms with Crippen molar-refractivity contribution in [2.24, 2.45) is 0 Å². The minimum absolute atomic E-state index is 0.172. The van der Waals surface area contributed by atoms with Gasteiger partial charge in [0.2, 0.25) is 0 Å². The molecule has 0 fully saturated rings. The smallest absolute Gasteiger partial charge is 0.269 e. The molecule has 1 amide bonds. The molecular formula is C14H25N3O2. The van der Waals surface area contributed by atoms with Crippen molar-refractivity contribution < 1.29 is 9.90 Å². The van der Waals surface area contributed by atoms with Gasteiger partial charge in [-0.15, -0.1) is 0 Å².